The van der Waals surface area contributed by atoms with Crippen LogP contribution in [0.4, 0.5) is 5.95 Å². The zero-order chi connectivity index (χ0) is 13.9. The molecule has 1 atom stereocenters. The molecule has 0 amide bonds. The van der Waals surface area contributed by atoms with Crippen LogP contribution in [0.25, 0.3) is 5.95 Å². The maximum absolute atomic E-state index is 6.00. The second kappa shape index (κ2) is 5.72. The van der Waals surface area contributed by atoms with Crippen molar-refractivity contribution in [1.82, 2.24) is 24.7 Å². The van der Waals surface area contributed by atoms with E-state index in [1.54, 1.807) is 23.1 Å². The molecule has 0 radical (unpaired) electrons. The van der Waals surface area contributed by atoms with Crippen molar-refractivity contribution in [2.75, 3.05) is 24.6 Å². The Morgan fingerprint density at radius 2 is 2.20 bits per heavy atom. The molecule has 8 heteroatoms. The Bertz CT molecular complexity index is 575. The van der Waals surface area contributed by atoms with Crippen molar-refractivity contribution < 1.29 is 4.74 Å². The largest absolute Gasteiger partial charge is 0.375 e. The van der Waals surface area contributed by atoms with Crippen LogP contribution in [-0.2, 0) is 4.74 Å². The number of ether oxygens (including phenoxy) is 1. The van der Waals surface area contributed by atoms with E-state index in [2.05, 4.69) is 31.9 Å². The number of halogens is 1. The van der Waals surface area contributed by atoms with E-state index in [9.17, 15) is 0 Å². The van der Waals surface area contributed by atoms with Crippen LogP contribution in [0.2, 0.25) is 5.28 Å². The van der Waals surface area contributed by atoms with Gasteiger partial charge in [-0.2, -0.15) is 20.1 Å². The topological polar surface area (TPSA) is 69.0 Å². The molecule has 0 aromatic carbocycles. The van der Waals surface area contributed by atoms with Gasteiger partial charge in [-0.05, 0) is 24.1 Å². The van der Waals surface area contributed by atoms with Crippen LogP contribution < -0.4 is 4.90 Å². The molecule has 3 heterocycles. The van der Waals surface area contributed by atoms with Crippen molar-refractivity contribution in [2.45, 2.75) is 19.4 Å². The van der Waals surface area contributed by atoms with Crippen molar-refractivity contribution in [2.24, 2.45) is 0 Å². The lowest BCUT2D eigenvalue weighted by atomic mass is 10.2. The minimum atomic E-state index is 0.167. The van der Waals surface area contributed by atoms with Crippen molar-refractivity contribution in [3.63, 3.8) is 0 Å². The van der Waals surface area contributed by atoms with Crippen LogP contribution in [0.15, 0.2) is 18.5 Å². The van der Waals surface area contributed by atoms with Gasteiger partial charge in [-0.25, -0.2) is 4.68 Å². The quantitative estimate of drug-likeness (QED) is 0.850. The summed E-state index contributed by atoms with van der Waals surface area (Å²) in [5.74, 6) is 0.988. The molecular formula is C12H15ClN6O. The lowest BCUT2D eigenvalue weighted by Crippen LogP contribution is -2.43. The summed E-state index contributed by atoms with van der Waals surface area (Å²) in [5.41, 5.74) is 0. The molecule has 1 aliphatic rings. The van der Waals surface area contributed by atoms with Crippen LogP contribution in [-0.4, -0.2) is 50.5 Å². The summed E-state index contributed by atoms with van der Waals surface area (Å²) in [7, 11) is 0. The Labute approximate surface area is 121 Å². The fourth-order valence-corrected chi connectivity index (χ4v) is 2.26. The molecule has 20 heavy (non-hydrogen) atoms. The van der Waals surface area contributed by atoms with Crippen molar-refractivity contribution in [1.29, 1.82) is 0 Å². The molecular weight excluding hydrogens is 280 g/mol. The van der Waals surface area contributed by atoms with Gasteiger partial charge in [0.25, 0.3) is 5.95 Å². The molecule has 1 saturated heterocycles. The van der Waals surface area contributed by atoms with Gasteiger partial charge < -0.3 is 9.64 Å². The van der Waals surface area contributed by atoms with Crippen molar-refractivity contribution in [3.8, 4) is 5.95 Å². The lowest BCUT2D eigenvalue weighted by Gasteiger charge is -2.32. The van der Waals surface area contributed by atoms with Crippen molar-refractivity contribution in [3.05, 3.63) is 23.7 Å². The first kappa shape index (κ1) is 13.3. The van der Waals surface area contributed by atoms with Gasteiger partial charge in [-0.1, -0.05) is 6.92 Å². The van der Waals surface area contributed by atoms with Gasteiger partial charge in [0.05, 0.1) is 12.7 Å². The summed E-state index contributed by atoms with van der Waals surface area (Å²) in [6.45, 7) is 4.27. The maximum atomic E-state index is 6.00. The van der Waals surface area contributed by atoms with Crippen LogP contribution in [0, 0.1) is 0 Å². The molecule has 2 aromatic rings. The Morgan fingerprint density at radius 1 is 1.35 bits per heavy atom. The molecule has 3 rings (SSSR count). The summed E-state index contributed by atoms with van der Waals surface area (Å²) < 4.78 is 7.21. The minimum Gasteiger partial charge on any atom is -0.375 e. The fourth-order valence-electron chi connectivity index (χ4n) is 2.11. The summed E-state index contributed by atoms with van der Waals surface area (Å²) in [5, 5.41) is 4.27. The number of morpholine rings is 1. The molecule has 0 spiro atoms. The average molecular weight is 295 g/mol. The van der Waals surface area contributed by atoms with Gasteiger partial charge in [-0.15, -0.1) is 0 Å². The SMILES string of the molecule is CCC1CN(c2nc(Cl)nc(-n3cccn3)n2)CCO1. The minimum absolute atomic E-state index is 0.167. The van der Waals surface area contributed by atoms with E-state index in [4.69, 9.17) is 16.3 Å². The van der Waals surface area contributed by atoms with Gasteiger partial charge in [0.1, 0.15) is 0 Å². The van der Waals surface area contributed by atoms with E-state index in [-0.39, 0.29) is 11.4 Å². The molecule has 0 saturated carbocycles. The average Bonchev–Trinajstić information content (AvgIpc) is 3.01. The van der Waals surface area contributed by atoms with Crippen LogP contribution >= 0.6 is 11.6 Å². The summed E-state index contributed by atoms with van der Waals surface area (Å²) in [4.78, 5) is 14.8. The normalized spacial score (nSPS) is 19.3. The lowest BCUT2D eigenvalue weighted by molar-refractivity contribution is 0.0378. The van der Waals surface area contributed by atoms with Gasteiger partial charge >= 0.3 is 0 Å². The molecule has 0 bridgehead atoms. The summed E-state index contributed by atoms with van der Waals surface area (Å²) >= 11 is 6.00. The Morgan fingerprint density at radius 3 is 2.95 bits per heavy atom. The second-order valence-electron chi connectivity index (χ2n) is 4.50. The molecule has 2 aromatic heterocycles. The number of nitrogens with zero attached hydrogens (tertiary/aromatic N) is 6. The van der Waals surface area contributed by atoms with Gasteiger partial charge in [0, 0.05) is 25.5 Å². The molecule has 7 nitrogen and oxygen atoms in total. The second-order valence-corrected chi connectivity index (χ2v) is 4.84. The Balaban J connectivity index is 1.89. The molecule has 0 aliphatic carbocycles. The molecule has 106 valence electrons. The first-order valence-electron chi connectivity index (χ1n) is 6.54. The zero-order valence-electron chi connectivity index (χ0n) is 11.1. The van der Waals surface area contributed by atoms with Gasteiger partial charge in [0.15, 0.2) is 0 Å². The third-order valence-electron chi connectivity index (χ3n) is 3.17. The summed E-state index contributed by atoms with van der Waals surface area (Å²) in [6, 6.07) is 1.80. The molecule has 1 fully saturated rings. The highest BCUT2D eigenvalue weighted by molar-refractivity contribution is 6.28. The number of hydrogen-bond donors (Lipinski definition) is 0. The van der Waals surface area contributed by atoms with Gasteiger partial charge in [0.2, 0.25) is 11.2 Å². The Kier molecular flexibility index (Phi) is 3.79. The van der Waals surface area contributed by atoms with Crippen molar-refractivity contribution >= 4 is 17.5 Å². The first-order chi connectivity index (χ1) is 9.76. The predicted molar refractivity (Wildman–Crippen MR) is 74.2 cm³/mol. The molecule has 0 N–H and O–H groups in total. The van der Waals surface area contributed by atoms with E-state index < -0.39 is 0 Å². The molecule has 1 unspecified atom stereocenters. The molecule has 1 aliphatic heterocycles. The van der Waals surface area contributed by atoms with E-state index in [1.165, 1.54) is 0 Å². The number of anilines is 1. The highest BCUT2D eigenvalue weighted by atomic mass is 35.5. The van der Waals surface area contributed by atoms with E-state index in [0.717, 1.165) is 19.5 Å². The predicted octanol–water partition coefficient (Wildman–Crippen LogP) is 1.33. The van der Waals surface area contributed by atoms with E-state index >= 15 is 0 Å². The van der Waals surface area contributed by atoms with Crippen LogP contribution in [0.3, 0.4) is 0 Å². The Hall–Kier alpha value is -1.73. The zero-order valence-corrected chi connectivity index (χ0v) is 11.9. The van der Waals surface area contributed by atoms with Crippen LogP contribution in [0.1, 0.15) is 13.3 Å². The van der Waals surface area contributed by atoms with E-state index in [1.807, 2.05) is 0 Å². The number of aromatic nitrogens is 5. The fraction of sp³-hybridized carbons (Fsp3) is 0.500. The standard InChI is InChI=1S/C12H15ClN6O/c1-2-9-8-18(6-7-20-9)11-15-10(13)16-12(17-11)19-5-3-4-14-19/h3-5,9H,2,6-8H2,1H3. The monoisotopic (exact) mass is 294 g/mol. The number of rotatable bonds is 3. The number of hydrogen-bond acceptors (Lipinski definition) is 6. The third kappa shape index (κ3) is 2.73. The summed E-state index contributed by atoms with van der Waals surface area (Å²) in [6.07, 6.45) is 4.59. The van der Waals surface area contributed by atoms with E-state index in [0.29, 0.717) is 18.5 Å². The van der Waals surface area contributed by atoms with Gasteiger partial charge in [-0.3, -0.25) is 0 Å². The highest BCUT2D eigenvalue weighted by Gasteiger charge is 2.22. The maximum Gasteiger partial charge on any atom is 0.256 e. The smallest absolute Gasteiger partial charge is 0.256 e. The highest BCUT2D eigenvalue weighted by Crippen LogP contribution is 2.17. The van der Waals surface area contributed by atoms with Crippen LogP contribution in [0.5, 0.6) is 0 Å². The third-order valence-corrected chi connectivity index (χ3v) is 3.34. The first-order valence-corrected chi connectivity index (χ1v) is 6.92.